The SMILES string of the molecule is CSC(=Nc1ccc(-n2nc(C(F)(F)F)cc2C2CC2)cc1)NC#N. The van der Waals surface area contributed by atoms with Gasteiger partial charge in [-0.2, -0.15) is 23.5 Å². The lowest BCUT2D eigenvalue weighted by Crippen LogP contribution is -2.12. The maximum absolute atomic E-state index is 13.0. The summed E-state index contributed by atoms with van der Waals surface area (Å²) in [6.07, 6.45) is 0.869. The summed E-state index contributed by atoms with van der Waals surface area (Å²) in [5.74, 6) is 0.129. The lowest BCUT2D eigenvalue weighted by Gasteiger charge is -2.07. The molecule has 1 fully saturated rings. The van der Waals surface area contributed by atoms with Crippen molar-refractivity contribution in [2.24, 2.45) is 4.99 Å². The maximum Gasteiger partial charge on any atom is 0.435 e. The molecule has 0 amide bonds. The van der Waals surface area contributed by atoms with Gasteiger partial charge >= 0.3 is 6.18 Å². The van der Waals surface area contributed by atoms with Crippen LogP contribution in [0.25, 0.3) is 5.69 Å². The summed E-state index contributed by atoms with van der Waals surface area (Å²) in [6, 6.07) is 7.82. The molecule has 0 bridgehead atoms. The van der Waals surface area contributed by atoms with E-state index in [-0.39, 0.29) is 5.92 Å². The first-order valence-corrected chi connectivity index (χ1v) is 8.70. The van der Waals surface area contributed by atoms with Crippen LogP contribution in [-0.2, 0) is 6.18 Å². The minimum atomic E-state index is -4.46. The Morgan fingerprint density at radius 3 is 2.56 bits per heavy atom. The predicted octanol–water partition coefficient (Wildman–Crippen LogP) is 4.19. The van der Waals surface area contributed by atoms with Crippen LogP contribution in [0.1, 0.15) is 30.1 Å². The van der Waals surface area contributed by atoms with Crippen LogP contribution in [0.2, 0.25) is 0 Å². The van der Waals surface area contributed by atoms with Crippen LogP contribution in [-0.4, -0.2) is 21.2 Å². The van der Waals surface area contributed by atoms with Gasteiger partial charge in [0, 0.05) is 11.6 Å². The van der Waals surface area contributed by atoms with E-state index in [0.717, 1.165) is 18.9 Å². The molecule has 130 valence electrons. The van der Waals surface area contributed by atoms with Crippen LogP contribution in [0.15, 0.2) is 35.3 Å². The van der Waals surface area contributed by atoms with Crippen LogP contribution in [0.3, 0.4) is 0 Å². The molecule has 5 nitrogen and oxygen atoms in total. The summed E-state index contributed by atoms with van der Waals surface area (Å²) in [6.45, 7) is 0. The summed E-state index contributed by atoms with van der Waals surface area (Å²) < 4.78 is 40.3. The number of hydrogen-bond acceptors (Lipinski definition) is 4. The van der Waals surface area contributed by atoms with Crippen molar-refractivity contribution in [3.05, 3.63) is 41.7 Å². The second-order valence-electron chi connectivity index (χ2n) is 5.51. The van der Waals surface area contributed by atoms with E-state index in [1.165, 1.54) is 16.4 Å². The third-order valence-corrected chi connectivity index (χ3v) is 4.28. The number of aliphatic imine (C=N–C) groups is 1. The Morgan fingerprint density at radius 2 is 2.04 bits per heavy atom. The summed E-state index contributed by atoms with van der Waals surface area (Å²) in [5.41, 5.74) is 0.848. The van der Waals surface area contributed by atoms with E-state index in [1.807, 2.05) is 0 Å². The molecule has 1 aliphatic carbocycles. The van der Waals surface area contributed by atoms with Crippen LogP contribution >= 0.6 is 11.8 Å². The molecule has 25 heavy (non-hydrogen) atoms. The summed E-state index contributed by atoms with van der Waals surface area (Å²) >= 11 is 1.28. The summed E-state index contributed by atoms with van der Waals surface area (Å²) in [7, 11) is 0. The Morgan fingerprint density at radius 1 is 1.36 bits per heavy atom. The van der Waals surface area contributed by atoms with Crippen molar-refractivity contribution in [2.45, 2.75) is 24.9 Å². The van der Waals surface area contributed by atoms with E-state index < -0.39 is 11.9 Å². The first kappa shape index (κ1) is 17.4. The molecular weight excluding hydrogens is 351 g/mol. The number of halogens is 3. The van der Waals surface area contributed by atoms with Gasteiger partial charge in [-0.1, -0.05) is 11.8 Å². The molecular formula is C16H14F3N5S. The van der Waals surface area contributed by atoms with E-state index in [1.54, 1.807) is 36.7 Å². The quantitative estimate of drug-likeness (QED) is 0.383. The van der Waals surface area contributed by atoms with Gasteiger partial charge in [-0.25, -0.2) is 9.67 Å². The van der Waals surface area contributed by atoms with E-state index in [2.05, 4.69) is 15.4 Å². The van der Waals surface area contributed by atoms with Gasteiger partial charge in [0.1, 0.15) is 0 Å². The monoisotopic (exact) mass is 365 g/mol. The highest BCUT2D eigenvalue weighted by molar-refractivity contribution is 8.13. The zero-order chi connectivity index (χ0) is 18.0. The lowest BCUT2D eigenvalue weighted by molar-refractivity contribution is -0.141. The molecule has 3 rings (SSSR count). The second-order valence-corrected chi connectivity index (χ2v) is 6.31. The van der Waals surface area contributed by atoms with E-state index >= 15 is 0 Å². The minimum absolute atomic E-state index is 0.129. The fraction of sp³-hybridized carbons (Fsp3) is 0.312. The van der Waals surface area contributed by atoms with Crippen molar-refractivity contribution in [3.63, 3.8) is 0 Å². The first-order chi connectivity index (χ1) is 11.9. The van der Waals surface area contributed by atoms with E-state index in [0.29, 0.717) is 22.2 Å². The number of nitriles is 1. The number of alkyl halides is 3. The third kappa shape index (κ3) is 3.96. The molecule has 0 atom stereocenters. The third-order valence-electron chi connectivity index (χ3n) is 3.70. The van der Waals surface area contributed by atoms with Crippen molar-refractivity contribution in [3.8, 4) is 11.9 Å². The average molecular weight is 365 g/mol. The fourth-order valence-corrected chi connectivity index (χ4v) is 2.71. The van der Waals surface area contributed by atoms with Crippen LogP contribution in [0.5, 0.6) is 0 Å². The van der Waals surface area contributed by atoms with Crippen LogP contribution < -0.4 is 5.32 Å². The first-order valence-electron chi connectivity index (χ1n) is 7.47. The molecule has 2 aromatic rings. The van der Waals surface area contributed by atoms with Gasteiger partial charge in [0.05, 0.1) is 11.4 Å². The topological polar surface area (TPSA) is 66.0 Å². The average Bonchev–Trinajstić information content (AvgIpc) is 3.32. The van der Waals surface area contributed by atoms with E-state index in [4.69, 9.17) is 5.26 Å². The van der Waals surface area contributed by atoms with Crippen LogP contribution in [0.4, 0.5) is 18.9 Å². The van der Waals surface area contributed by atoms with Gasteiger partial charge in [-0.05, 0) is 49.4 Å². The van der Waals surface area contributed by atoms with Gasteiger partial charge in [-0.3, -0.25) is 5.32 Å². The molecule has 1 heterocycles. The van der Waals surface area contributed by atoms with Crippen molar-refractivity contribution < 1.29 is 13.2 Å². The number of nitrogens with one attached hydrogen (secondary N) is 1. The standard InChI is InChI=1S/C16H14F3N5S/c1-25-15(21-9-20)22-11-4-6-12(7-5-11)24-13(10-2-3-10)8-14(23-24)16(17,18)19/h4-8,10H,2-3H2,1H3,(H,21,22). The Labute approximate surface area is 146 Å². The maximum atomic E-state index is 13.0. The Hall–Kier alpha value is -2.47. The smallest absolute Gasteiger partial charge is 0.271 e. The predicted molar refractivity (Wildman–Crippen MR) is 89.9 cm³/mol. The lowest BCUT2D eigenvalue weighted by atomic mass is 10.2. The summed E-state index contributed by atoms with van der Waals surface area (Å²) in [5, 5.41) is 15.3. The number of aromatic nitrogens is 2. The molecule has 0 unspecified atom stereocenters. The Bertz CT molecular complexity index is 829. The molecule has 1 aromatic carbocycles. The van der Waals surface area contributed by atoms with Crippen molar-refractivity contribution in [1.29, 1.82) is 5.26 Å². The summed E-state index contributed by atoms with van der Waals surface area (Å²) in [4.78, 5) is 4.25. The highest BCUT2D eigenvalue weighted by Crippen LogP contribution is 2.43. The molecule has 1 aromatic heterocycles. The zero-order valence-corrected chi connectivity index (χ0v) is 14.0. The highest BCUT2D eigenvalue weighted by Gasteiger charge is 2.38. The number of hydrogen-bond donors (Lipinski definition) is 1. The molecule has 1 aliphatic rings. The van der Waals surface area contributed by atoms with Gasteiger partial charge in [-0.15, -0.1) is 0 Å². The molecule has 0 spiro atoms. The molecule has 0 radical (unpaired) electrons. The van der Waals surface area contributed by atoms with Gasteiger partial charge in [0.15, 0.2) is 17.1 Å². The van der Waals surface area contributed by atoms with Gasteiger partial charge < -0.3 is 0 Å². The molecule has 0 aliphatic heterocycles. The number of amidine groups is 1. The second kappa shape index (κ2) is 6.80. The van der Waals surface area contributed by atoms with Crippen molar-refractivity contribution in [1.82, 2.24) is 15.1 Å². The molecule has 9 heteroatoms. The van der Waals surface area contributed by atoms with Gasteiger partial charge in [0.25, 0.3) is 0 Å². The molecule has 1 saturated carbocycles. The minimum Gasteiger partial charge on any atom is -0.271 e. The molecule has 1 N–H and O–H groups in total. The van der Waals surface area contributed by atoms with Gasteiger partial charge in [0.2, 0.25) is 0 Å². The number of nitrogens with zero attached hydrogens (tertiary/aromatic N) is 4. The molecule has 0 saturated heterocycles. The normalized spacial score (nSPS) is 15.1. The van der Waals surface area contributed by atoms with Crippen LogP contribution in [0, 0.1) is 11.5 Å². The Balaban J connectivity index is 1.92. The number of thioether (sulfide) groups is 1. The zero-order valence-electron chi connectivity index (χ0n) is 13.2. The van der Waals surface area contributed by atoms with Crippen molar-refractivity contribution >= 4 is 22.6 Å². The number of benzene rings is 1. The largest absolute Gasteiger partial charge is 0.435 e. The Kier molecular flexibility index (Phi) is 4.72. The fourth-order valence-electron chi connectivity index (χ4n) is 2.37. The van der Waals surface area contributed by atoms with E-state index in [9.17, 15) is 13.2 Å². The van der Waals surface area contributed by atoms with Crippen molar-refractivity contribution in [2.75, 3.05) is 6.26 Å². The number of rotatable bonds is 3. The highest BCUT2D eigenvalue weighted by atomic mass is 32.2.